The zero-order valence-corrected chi connectivity index (χ0v) is 10.1. The van der Waals surface area contributed by atoms with E-state index in [1.807, 2.05) is 31.2 Å². The lowest BCUT2D eigenvalue weighted by Crippen LogP contribution is -1.90. The average molecular weight is 257 g/mol. The molecule has 0 N–H and O–H groups in total. The average Bonchev–Trinajstić information content (AvgIpc) is 2.20. The van der Waals surface area contributed by atoms with E-state index in [2.05, 4.69) is 15.9 Å². The summed E-state index contributed by atoms with van der Waals surface area (Å²) in [5.74, 6) is 1.55. The van der Waals surface area contributed by atoms with Gasteiger partial charge in [-0.2, -0.15) is 0 Å². The first kappa shape index (κ1) is 11.1. The first-order chi connectivity index (χ1) is 6.72. The Morgan fingerprint density at radius 2 is 1.64 bits per heavy atom. The highest BCUT2D eigenvalue weighted by molar-refractivity contribution is 9.10. The molecule has 0 heterocycles. The van der Waals surface area contributed by atoms with E-state index in [1.165, 1.54) is 0 Å². The molecule has 0 amide bonds. The minimum Gasteiger partial charge on any atom is -0.495 e. The van der Waals surface area contributed by atoms with E-state index in [1.54, 1.807) is 14.2 Å². The van der Waals surface area contributed by atoms with Crippen molar-refractivity contribution in [2.24, 2.45) is 0 Å². The van der Waals surface area contributed by atoms with Crippen molar-refractivity contribution in [3.63, 3.8) is 0 Å². The molecule has 0 aliphatic heterocycles. The van der Waals surface area contributed by atoms with Crippen molar-refractivity contribution < 1.29 is 9.47 Å². The largest absolute Gasteiger partial charge is 0.495 e. The highest BCUT2D eigenvalue weighted by atomic mass is 79.9. The summed E-state index contributed by atoms with van der Waals surface area (Å²) in [5.41, 5.74) is 1.06. The molecule has 3 heteroatoms. The molecule has 0 aliphatic rings. The third-order valence-electron chi connectivity index (χ3n) is 1.83. The predicted molar refractivity (Wildman–Crippen MR) is 62.0 cm³/mol. The van der Waals surface area contributed by atoms with Gasteiger partial charge in [-0.05, 0) is 40.5 Å². The predicted octanol–water partition coefficient (Wildman–Crippen LogP) is 3.50. The van der Waals surface area contributed by atoms with Gasteiger partial charge in [0.25, 0.3) is 0 Å². The molecule has 1 aromatic carbocycles. The quantitative estimate of drug-likeness (QED) is 0.825. The number of ether oxygens (including phenoxy) is 2. The Hall–Kier alpha value is -0.960. The van der Waals surface area contributed by atoms with Crippen LogP contribution in [-0.4, -0.2) is 14.2 Å². The van der Waals surface area contributed by atoms with Gasteiger partial charge >= 0.3 is 0 Å². The Bertz CT molecular complexity index is 320. The fourth-order valence-electron chi connectivity index (χ4n) is 1.18. The maximum atomic E-state index is 5.21. The van der Waals surface area contributed by atoms with Crippen LogP contribution in [0.1, 0.15) is 12.5 Å². The maximum absolute atomic E-state index is 5.21. The molecular weight excluding hydrogens is 244 g/mol. The second-order valence-corrected chi connectivity index (χ2v) is 3.53. The standard InChI is InChI=1S/C11H13BrO2/c1-4-5-8-6-9(13-2)11(12)10(7-8)14-3/h4-7H,1-3H3/b5-4+. The number of hydrogen-bond donors (Lipinski definition) is 0. The van der Waals surface area contributed by atoms with Gasteiger partial charge in [-0.15, -0.1) is 0 Å². The topological polar surface area (TPSA) is 18.5 Å². The summed E-state index contributed by atoms with van der Waals surface area (Å²) in [6.07, 6.45) is 3.97. The number of hydrogen-bond acceptors (Lipinski definition) is 2. The fourth-order valence-corrected chi connectivity index (χ4v) is 1.73. The van der Waals surface area contributed by atoms with Gasteiger partial charge in [-0.1, -0.05) is 12.2 Å². The summed E-state index contributed by atoms with van der Waals surface area (Å²) >= 11 is 3.41. The molecular formula is C11H13BrO2. The van der Waals surface area contributed by atoms with Gasteiger partial charge in [-0.3, -0.25) is 0 Å². The van der Waals surface area contributed by atoms with E-state index in [0.29, 0.717) is 0 Å². The van der Waals surface area contributed by atoms with Crippen LogP contribution in [0.15, 0.2) is 22.7 Å². The minimum absolute atomic E-state index is 0.775. The Morgan fingerprint density at radius 1 is 1.14 bits per heavy atom. The third kappa shape index (κ3) is 2.29. The molecule has 0 atom stereocenters. The van der Waals surface area contributed by atoms with Gasteiger partial charge in [0.1, 0.15) is 16.0 Å². The van der Waals surface area contributed by atoms with Crippen molar-refractivity contribution in [3.05, 3.63) is 28.2 Å². The van der Waals surface area contributed by atoms with Gasteiger partial charge in [0, 0.05) is 0 Å². The van der Waals surface area contributed by atoms with Gasteiger partial charge < -0.3 is 9.47 Å². The molecule has 76 valence electrons. The second kappa shape index (κ2) is 5.05. The molecule has 0 radical (unpaired) electrons. The second-order valence-electron chi connectivity index (χ2n) is 2.74. The lowest BCUT2D eigenvalue weighted by Gasteiger charge is -2.09. The highest BCUT2D eigenvalue weighted by Crippen LogP contribution is 2.35. The van der Waals surface area contributed by atoms with E-state index in [4.69, 9.17) is 9.47 Å². The van der Waals surface area contributed by atoms with Crippen LogP contribution in [0.3, 0.4) is 0 Å². The smallest absolute Gasteiger partial charge is 0.137 e. The molecule has 0 saturated carbocycles. The summed E-state index contributed by atoms with van der Waals surface area (Å²) < 4.78 is 11.3. The number of rotatable bonds is 3. The highest BCUT2D eigenvalue weighted by Gasteiger charge is 2.07. The first-order valence-electron chi connectivity index (χ1n) is 4.27. The van der Waals surface area contributed by atoms with Gasteiger partial charge in [0.2, 0.25) is 0 Å². The maximum Gasteiger partial charge on any atom is 0.137 e. The van der Waals surface area contributed by atoms with Crippen LogP contribution in [0.2, 0.25) is 0 Å². The number of allylic oxidation sites excluding steroid dienone is 1. The van der Waals surface area contributed by atoms with Crippen LogP contribution in [0.25, 0.3) is 6.08 Å². The Morgan fingerprint density at radius 3 is 2.00 bits per heavy atom. The number of benzene rings is 1. The summed E-state index contributed by atoms with van der Waals surface area (Å²) in [6, 6.07) is 3.90. The van der Waals surface area contributed by atoms with Crippen molar-refractivity contribution in [1.82, 2.24) is 0 Å². The number of methoxy groups -OCH3 is 2. The van der Waals surface area contributed by atoms with Crippen LogP contribution in [-0.2, 0) is 0 Å². The van der Waals surface area contributed by atoms with E-state index >= 15 is 0 Å². The molecule has 0 aromatic heterocycles. The molecule has 0 saturated heterocycles. The lowest BCUT2D eigenvalue weighted by molar-refractivity contribution is 0.389. The summed E-state index contributed by atoms with van der Waals surface area (Å²) in [5, 5.41) is 0. The minimum atomic E-state index is 0.775. The van der Waals surface area contributed by atoms with Crippen LogP contribution >= 0.6 is 15.9 Å². The van der Waals surface area contributed by atoms with Gasteiger partial charge in [0.15, 0.2) is 0 Å². The van der Waals surface area contributed by atoms with Crippen molar-refractivity contribution in [1.29, 1.82) is 0 Å². The zero-order valence-electron chi connectivity index (χ0n) is 8.50. The normalized spacial score (nSPS) is 10.6. The third-order valence-corrected chi connectivity index (χ3v) is 2.61. The molecule has 14 heavy (non-hydrogen) atoms. The van der Waals surface area contributed by atoms with Crippen LogP contribution in [0, 0.1) is 0 Å². The Labute approximate surface area is 92.7 Å². The zero-order chi connectivity index (χ0) is 10.6. The van der Waals surface area contributed by atoms with E-state index in [-0.39, 0.29) is 0 Å². The molecule has 2 nitrogen and oxygen atoms in total. The molecule has 0 fully saturated rings. The molecule has 0 bridgehead atoms. The van der Waals surface area contributed by atoms with Crippen molar-refractivity contribution in [2.45, 2.75) is 6.92 Å². The fraction of sp³-hybridized carbons (Fsp3) is 0.273. The molecule has 0 unspecified atom stereocenters. The van der Waals surface area contributed by atoms with E-state index < -0.39 is 0 Å². The van der Waals surface area contributed by atoms with Gasteiger partial charge in [0.05, 0.1) is 14.2 Å². The molecule has 1 aromatic rings. The molecule has 0 spiro atoms. The Balaban J connectivity index is 3.24. The Kier molecular flexibility index (Phi) is 4.01. The van der Waals surface area contributed by atoms with Crippen molar-refractivity contribution in [3.8, 4) is 11.5 Å². The summed E-state index contributed by atoms with van der Waals surface area (Å²) in [7, 11) is 3.28. The number of halogens is 1. The van der Waals surface area contributed by atoms with Crippen molar-refractivity contribution in [2.75, 3.05) is 14.2 Å². The van der Waals surface area contributed by atoms with Crippen LogP contribution < -0.4 is 9.47 Å². The van der Waals surface area contributed by atoms with Crippen LogP contribution in [0.5, 0.6) is 11.5 Å². The van der Waals surface area contributed by atoms with Gasteiger partial charge in [-0.25, -0.2) is 0 Å². The SMILES string of the molecule is C/C=C/c1cc(OC)c(Br)c(OC)c1. The first-order valence-corrected chi connectivity index (χ1v) is 5.06. The monoisotopic (exact) mass is 256 g/mol. The van der Waals surface area contributed by atoms with Crippen molar-refractivity contribution >= 4 is 22.0 Å². The summed E-state index contributed by atoms with van der Waals surface area (Å²) in [6.45, 7) is 1.97. The molecule has 0 aliphatic carbocycles. The van der Waals surface area contributed by atoms with E-state index in [9.17, 15) is 0 Å². The summed E-state index contributed by atoms with van der Waals surface area (Å²) in [4.78, 5) is 0. The molecule has 1 rings (SSSR count). The van der Waals surface area contributed by atoms with Crippen LogP contribution in [0.4, 0.5) is 0 Å². The van der Waals surface area contributed by atoms with E-state index in [0.717, 1.165) is 21.5 Å². The lowest BCUT2D eigenvalue weighted by atomic mass is 10.2.